The molecule has 0 N–H and O–H groups in total. The fourth-order valence-electron chi connectivity index (χ4n) is 1.56. The molecule has 0 amide bonds. The second-order valence-corrected chi connectivity index (χ2v) is 4.73. The number of benzene rings is 2. The summed E-state index contributed by atoms with van der Waals surface area (Å²) in [6.07, 6.45) is 0. The number of esters is 1. The molecule has 2 aromatic carbocycles. The lowest BCUT2D eigenvalue weighted by Gasteiger charge is -2.07. The summed E-state index contributed by atoms with van der Waals surface area (Å²) in [6, 6.07) is 13.8. The Kier molecular flexibility index (Phi) is 4.38. The highest BCUT2D eigenvalue weighted by Gasteiger charge is 2.06. The van der Waals surface area contributed by atoms with Crippen molar-refractivity contribution in [2.45, 2.75) is 0 Å². The normalized spacial score (nSPS) is 9.65. The quantitative estimate of drug-likeness (QED) is 0.800. The number of nitrogens with zero attached hydrogens (tertiary/aromatic N) is 1. The Morgan fingerprint density at radius 2 is 1.80 bits per heavy atom. The first kappa shape index (κ1) is 14.1. The van der Waals surface area contributed by atoms with E-state index in [4.69, 9.17) is 10.00 Å². The molecule has 0 aliphatic heterocycles. The molecule has 0 saturated heterocycles. The van der Waals surface area contributed by atoms with E-state index in [1.165, 1.54) is 7.11 Å². The standard InChI is InChI=1S/C15H10BrNO3/c1-19-15(18)10-2-5-12(6-3-10)20-13-7-4-11(9-17)14(16)8-13/h2-8H,1H3. The number of carbonyl (C=O) groups excluding carboxylic acids is 1. The van der Waals surface area contributed by atoms with Crippen LogP contribution in [0.2, 0.25) is 0 Å². The van der Waals surface area contributed by atoms with Gasteiger partial charge in [0.25, 0.3) is 0 Å². The van der Waals surface area contributed by atoms with Crippen LogP contribution < -0.4 is 4.74 Å². The molecule has 0 radical (unpaired) electrons. The molecule has 0 aliphatic carbocycles. The van der Waals surface area contributed by atoms with E-state index >= 15 is 0 Å². The fourth-order valence-corrected chi connectivity index (χ4v) is 2.01. The average molecular weight is 332 g/mol. The van der Waals surface area contributed by atoms with E-state index in [0.717, 1.165) is 0 Å². The van der Waals surface area contributed by atoms with E-state index in [1.54, 1.807) is 42.5 Å². The van der Waals surface area contributed by atoms with Crippen LogP contribution in [0.1, 0.15) is 15.9 Å². The van der Waals surface area contributed by atoms with Gasteiger partial charge in [-0.25, -0.2) is 4.79 Å². The van der Waals surface area contributed by atoms with E-state index in [9.17, 15) is 4.79 Å². The fraction of sp³-hybridized carbons (Fsp3) is 0.0667. The van der Waals surface area contributed by atoms with E-state index in [1.807, 2.05) is 0 Å². The minimum absolute atomic E-state index is 0.391. The molecule has 5 heteroatoms. The molecule has 0 heterocycles. The highest BCUT2D eigenvalue weighted by Crippen LogP contribution is 2.27. The third-order valence-electron chi connectivity index (χ3n) is 2.57. The van der Waals surface area contributed by atoms with Crippen LogP contribution in [0.4, 0.5) is 0 Å². The van der Waals surface area contributed by atoms with Gasteiger partial charge in [-0.05, 0) is 58.4 Å². The number of hydrogen-bond donors (Lipinski definition) is 0. The first-order valence-electron chi connectivity index (χ1n) is 5.70. The monoisotopic (exact) mass is 331 g/mol. The van der Waals surface area contributed by atoms with Crippen molar-refractivity contribution in [1.29, 1.82) is 5.26 Å². The molecule has 2 rings (SSSR count). The van der Waals surface area contributed by atoms with Crippen LogP contribution >= 0.6 is 15.9 Å². The number of nitriles is 1. The lowest BCUT2D eigenvalue weighted by molar-refractivity contribution is 0.0600. The van der Waals surface area contributed by atoms with Crippen LogP contribution in [-0.2, 0) is 4.74 Å². The van der Waals surface area contributed by atoms with Crippen molar-refractivity contribution >= 4 is 21.9 Å². The first-order valence-corrected chi connectivity index (χ1v) is 6.49. The van der Waals surface area contributed by atoms with Crippen molar-refractivity contribution < 1.29 is 14.3 Å². The lowest BCUT2D eigenvalue weighted by Crippen LogP contribution is -2.00. The largest absolute Gasteiger partial charge is 0.465 e. The van der Waals surface area contributed by atoms with Gasteiger partial charge >= 0.3 is 5.97 Å². The van der Waals surface area contributed by atoms with E-state index in [0.29, 0.717) is 27.1 Å². The van der Waals surface area contributed by atoms with Gasteiger partial charge in [0.1, 0.15) is 17.6 Å². The number of hydrogen-bond acceptors (Lipinski definition) is 4. The Bertz CT molecular complexity index is 675. The van der Waals surface area contributed by atoms with E-state index < -0.39 is 5.97 Å². The topological polar surface area (TPSA) is 59.3 Å². The Hall–Kier alpha value is -2.32. The van der Waals surface area contributed by atoms with Gasteiger partial charge in [-0.15, -0.1) is 0 Å². The summed E-state index contributed by atoms with van der Waals surface area (Å²) in [5.74, 6) is 0.800. The molecule has 0 aromatic heterocycles. The predicted molar refractivity (Wildman–Crippen MR) is 76.7 cm³/mol. The minimum Gasteiger partial charge on any atom is -0.465 e. The second kappa shape index (κ2) is 6.22. The average Bonchev–Trinajstić information content (AvgIpc) is 2.47. The number of methoxy groups -OCH3 is 1. The van der Waals surface area contributed by atoms with E-state index in [2.05, 4.69) is 26.7 Å². The van der Waals surface area contributed by atoms with Crippen molar-refractivity contribution in [2.75, 3.05) is 7.11 Å². The molecule has 0 bridgehead atoms. The van der Waals surface area contributed by atoms with Gasteiger partial charge in [-0.3, -0.25) is 0 Å². The maximum absolute atomic E-state index is 11.3. The van der Waals surface area contributed by atoms with Gasteiger partial charge in [0.05, 0.1) is 18.2 Å². The van der Waals surface area contributed by atoms with Crippen LogP contribution in [-0.4, -0.2) is 13.1 Å². The molecule has 2 aromatic rings. The van der Waals surface area contributed by atoms with Crippen molar-refractivity contribution in [3.8, 4) is 17.6 Å². The van der Waals surface area contributed by atoms with Gasteiger partial charge in [0, 0.05) is 4.47 Å². The Morgan fingerprint density at radius 3 is 2.35 bits per heavy atom. The van der Waals surface area contributed by atoms with Gasteiger partial charge in [-0.2, -0.15) is 5.26 Å². The van der Waals surface area contributed by atoms with Crippen molar-refractivity contribution in [3.05, 3.63) is 58.1 Å². The SMILES string of the molecule is COC(=O)c1ccc(Oc2ccc(C#N)c(Br)c2)cc1. The number of ether oxygens (including phenoxy) is 2. The van der Waals surface area contributed by atoms with Gasteiger partial charge in [-0.1, -0.05) is 0 Å². The third kappa shape index (κ3) is 3.16. The van der Waals surface area contributed by atoms with Crippen LogP contribution in [0.3, 0.4) is 0 Å². The molecule has 0 spiro atoms. The zero-order valence-electron chi connectivity index (χ0n) is 10.6. The van der Waals surface area contributed by atoms with E-state index in [-0.39, 0.29) is 0 Å². The molecular weight excluding hydrogens is 322 g/mol. The van der Waals surface area contributed by atoms with Gasteiger partial charge < -0.3 is 9.47 Å². The number of halogens is 1. The van der Waals surface area contributed by atoms with Crippen LogP contribution in [0.15, 0.2) is 46.9 Å². The van der Waals surface area contributed by atoms with Crippen molar-refractivity contribution in [1.82, 2.24) is 0 Å². The smallest absolute Gasteiger partial charge is 0.337 e. The molecule has 100 valence electrons. The second-order valence-electron chi connectivity index (χ2n) is 3.87. The summed E-state index contributed by atoms with van der Waals surface area (Å²) in [5.41, 5.74) is 0.999. The summed E-state index contributed by atoms with van der Waals surface area (Å²) in [5, 5.41) is 8.84. The lowest BCUT2D eigenvalue weighted by atomic mass is 10.2. The minimum atomic E-state index is -0.391. The number of rotatable bonds is 3. The van der Waals surface area contributed by atoms with Crippen LogP contribution in [0.5, 0.6) is 11.5 Å². The third-order valence-corrected chi connectivity index (χ3v) is 3.23. The molecule has 0 aliphatic rings. The van der Waals surface area contributed by atoms with Crippen LogP contribution in [0.25, 0.3) is 0 Å². The zero-order chi connectivity index (χ0) is 14.5. The van der Waals surface area contributed by atoms with Crippen molar-refractivity contribution in [3.63, 3.8) is 0 Å². The molecule has 0 unspecified atom stereocenters. The predicted octanol–water partition coefficient (Wildman–Crippen LogP) is 3.90. The highest BCUT2D eigenvalue weighted by molar-refractivity contribution is 9.10. The summed E-state index contributed by atoms with van der Waals surface area (Å²) >= 11 is 3.30. The van der Waals surface area contributed by atoms with Gasteiger partial charge in [0.15, 0.2) is 0 Å². The van der Waals surface area contributed by atoms with Gasteiger partial charge in [0.2, 0.25) is 0 Å². The Balaban J connectivity index is 2.16. The maximum Gasteiger partial charge on any atom is 0.337 e. The Morgan fingerprint density at radius 1 is 1.15 bits per heavy atom. The van der Waals surface area contributed by atoms with Crippen molar-refractivity contribution in [2.24, 2.45) is 0 Å². The maximum atomic E-state index is 11.3. The Labute approximate surface area is 124 Å². The molecule has 0 fully saturated rings. The summed E-state index contributed by atoms with van der Waals surface area (Å²) < 4.78 is 10.9. The molecule has 4 nitrogen and oxygen atoms in total. The molecule has 20 heavy (non-hydrogen) atoms. The summed E-state index contributed by atoms with van der Waals surface area (Å²) in [7, 11) is 1.33. The summed E-state index contributed by atoms with van der Waals surface area (Å²) in [4.78, 5) is 11.3. The summed E-state index contributed by atoms with van der Waals surface area (Å²) in [6.45, 7) is 0. The molecule has 0 atom stereocenters. The molecular formula is C15H10BrNO3. The number of carbonyl (C=O) groups is 1. The zero-order valence-corrected chi connectivity index (χ0v) is 12.2. The van der Waals surface area contributed by atoms with Crippen LogP contribution in [0, 0.1) is 11.3 Å². The molecule has 0 saturated carbocycles. The first-order chi connectivity index (χ1) is 9.63. The highest BCUT2D eigenvalue weighted by atomic mass is 79.9.